The first-order chi connectivity index (χ1) is 19.6. The molecule has 0 saturated carbocycles. The van der Waals surface area contributed by atoms with Crippen LogP contribution in [0.1, 0.15) is 144 Å². The average Bonchev–Trinajstić information content (AvgIpc) is 3.17. The Kier molecular flexibility index (Phi) is 16.3. The van der Waals surface area contributed by atoms with Crippen molar-refractivity contribution in [3.8, 4) is 0 Å². The zero-order valence-corrected chi connectivity index (χ0v) is 26.5. The number of nitrogens with zero attached hydrogens (tertiary/aromatic N) is 1. The summed E-state index contributed by atoms with van der Waals surface area (Å²) in [7, 11) is 0. The first-order valence-electron chi connectivity index (χ1n) is 15.4. The highest BCUT2D eigenvalue weighted by molar-refractivity contribution is 6.01. The van der Waals surface area contributed by atoms with Crippen LogP contribution in [0.5, 0.6) is 0 Å². The van der Waals surface area contributed by atoms with Gasteiger partial charge in [0.05, 0.1) is 6.42 Å². The third kappa shape index (κ3) is 17.7. The van der Waals surface area contributed by atoms with E-state index >= 15 is 0 Å². The fraction of sp³-hybridized carbons (Fsp3) is 0.806. The van der Waals surface area contributed by atoms with Gasteiger partial charge in [0.15, 0.2) is 0 Å². The second-order valence-electron chi connectivity index (χ2n) is 12.9. The average molecular weight is 597 g/mol. The molecule has 0 aliphatic carbocycles. The summed E-state index contributed by atoms with van der Waals surface area (Å²) in [5.74, 6) is -3.12. The van der Waals surface area contributed by atoms with Crippen molar-refractivity contribution in [2.45, 2.75) is 162 Å². The molecule has 240 valence electrons. The fourth-order valence-corrected chi connectivity index (χ4v) is 4.32. The third-order valence-electron chi connectivity index (χ3n) is 6.32. The summed E-state index contributed by atoms with van der Waals surface area (Å²) in [5, 5.41) is 3.12. The second-order valence-corrected chi connectivity index (χ2v) is 12.9. The summed E-state index contributed by atoms with van der Waals surface area (Å²) in [6.45, 7) is 10.7. The van der Waals surface area contributed by atoms with E-state index in [1.165, 1.54) is 0 Å². The van der Waals surface area contributed by atoms with Gasteiger partial charge in [-0.3, -0.25) is 19.2 Å². The molecule has 0 aromatic carbocycles. The summed E-state index contributed by atoms with van der Waals surface area (Å²) >= 11 is 0. The molecule has 1 fully saturated rings. The van der Waals surface area contributed by atoms with E-state index < -0.39 is 41.0 Å². The Bertz CT molecular complexity index is 902. The number of ether oxygens (including phenoxy) is 2. The Hall–Kier alpha value is -2.98. The number of rotatable bonds is 19. The fourth-order valence-electron chi connectivity index (χ4n) is 4.32. The summed E-state index contributed by atoms with van der Waals surface area (Å²) in [6.07, 6.45) is 10.4. The van der Waals surface area contributed by atoms with Gasteiger partial charge in [-0.15, -0.1) is 5.06 Å². The molecule has 0 spiro atoms. The first-order valence-corrected chi connectivity index (χ1v) is 15.4. The minimum Gasteiger partial charge on any atom is -0.460 e. The van der Waals surface area contributed by atoms with Crippen LogP contribution in [0, 0.1) is 0 Å². The number of amides is 3. The minimum atomic E-state index is -1.06. The van der Waals surface area contributed by atoms with E-state index in [2.05, 4.69) is 5.32 Å². The van der Waals surface area contributed by atoms with Crippen LogP contribution >= 0.6 is 0 Å². The lowest BCUT2D eigenvalue weighted by Crippen LogP contribution is -2.44. The molecule has 1 aliphatic rings. The Morgan fingerprint density at radius 3 is 1.60 bits per heavy atom. The lowest BCUT2D eigenvalue weighted by atomic mass is 10.0. The predicted octanol–water partition coefficient (Wildman–Crippen LogP) is 5.22. The van der Waals surface area contributed by atoms with Crippen molar-refractivity contribution in [1.82, 2.24) is 10.4 Å². The molecule has 11 nitrogen and oxygen atoms in total. The topological polar surface area (TPSA) is 145 Å². The van der Waals surface area contributed by atoms with Gasteiger partial charge < -0.3 is 19.6 Å². The maximum atomic E-state index is 12.7. The normalized spacial score (nSPS) is 14.5. The molecule has 1 rings (SSSR count). The SMILES string of the molecule is CC(C)(C)OC(=O)CCCCCCCCCCCCC(=O)N[C@@H](CCC(=O)ON1C(=O)CCC1=O)C(=O)OC(C)(C)C. The van der Waals surface area contributed by atoms with Crippen LogP contribution in [0.4, 0.5) is 0 Å². The number of unbranched alkanes of at least 4 members (excludes halogenated alkanes) is 9. The number of carbonyl (C=O) groups excluding carboxylic acids is 6. The highest BCUT2D eigenvalue weighted by Gasteiger charge is 2.33. The number of hydrogen-bond acceptors (Lipinski definition) is 9. The molecule has 0 bridgehead atoms. The van der Waals surface area contributed by atoms with E-state index in [4.69, 9.17) is 14.3 Å². The van der Waals surface area contributed by atoms with E-state index in [1.807, 2.05) is 20.8 Å². The zero-order chi connectivity index (χ0) is 31.8. The number of esters is 2. The van der Waals surface area contributed by atoms with Crippen molar-refractivity contribution in [1.29, 1.82) is 0 Å². The molecule has 0 radical (unpaired) electrons. The predicted molar refractivity (Wildman–Crippen MR) is 155 cm³/mol. The van der Waals surface area contributed by atoms with E-state index in [1.54, 1.807) is 20.8 Å². The molecule has 3 amide bonds. The van der Waals surface area contributed by atoms with Crippen LogP contribution in [0.25, 0.3) is 0 Å². The number of carbonyl (C=O) groups is 6. The van der Waals surface area contributed by atoms with Gasteiger partial charge in [0.1, 0.15) is 17.2 Å². The van der Waals surface area contributed by atoms with Crippen LogP contribution in [0.15, 0.2) is 0 Å². The van der Waals surface area contributed by atoms with Crippen LogP contribution in [-0.4, -0.2) is 57.9 Å². The van der Waals surface area contributed by atoms with Gasteiger partial charge >= 0.3 is 17.9 Å². The third-order valence-corrected chi connectivity index (χ3v) is 6.32. The maximum absolute atomic E-state index is 12.7. The highest BCUT2D eigenvalue weighted by Crippen LogP contribution is 2.16. The lowest BCUT2D eigenvalue weighted by Gasteiger charge is -2.24. The van der Waals surface area contributed by atoms with E-state index in [0.717, 1.165) is 57.8 Å². The zero-order valence-electron chi connectivity index (χ0n) is 26.5. The Morgan fingerprint density at radius 2 is 1.12 bits per heavy atom. The number of nitrogens with one attached hydrogen (secondary N) is 1. The number of hydrogen-bond donors (Lipinski definition) is 1. The van der Waals surface area contributed by atoms with Gasteiger partial charge in [-0.05, 0) is 60.8 Å². The van der Waals surface area contributed by atoms with Crippen molar-refractivity contribution < 1.29 is 43.1 Å². The second kappa shape index (κ2) is 18.5. The monoisotopic (exact) mass is 596 g/mol. The summed E-state index contributed by atoms with van der Waals surface area (Å²) in [6, 6.07) is -1.06. The number of hydroxylamine groups is 2. The van der Waals surface area contributed by atoms with Crippen LogP contribution in [0.3, 0.4) is 0 Å². The smallest absolute Gasteiger partial charge is 0.333 e. The minimum absolute atomic E-state index is 0.0125. The van der Waals surface area contributed by atoms with Crippen molar-refractivity contribution in [3.63, 3.8) is 0 Å². The molecule has 1 heterocycles. The van der Waals surface area contributed by atoms with Gasteiger partial charge in [0.2, 0.25) is 5.91 Å². The molecular weight excluding hydrogens is 544 g/mol. The van der Waals surface area contributed by atoms with Crippen molar-refractivity contribution >= 4 is 35.6 Å². The molecule has 0 unspecified atom stereocenters. The molecular formula is C31H52N2O9. The van der Waals surface area contributed by atoms with Crippen molar-refractivity contribution in [3.05, 3.63) is 0 Å². The van der Waals surface area contributed by atoms with Crippen molar-refractivity contribution in [2.24, 2.45) is 0 Å². The molecule has 1 aliphatic heterocycles. The van der Waals surface area contributed by atoms with Crippen LogP contribution in [-0.2, 0) is 43.1 Å². The Morgan fingerprint density at radius 1 is 0.667 bits per heavy atom. The highest BCUT2D eigenvalue weighted by atomic mass is 16.7. The Balaban J connectivity index is 2.25. The molecule has 1 saturated heterocycles. The molecule has 0 aromatic heterocycles. The Labute approximate surface area is 250 Å². The summed E-state index contributed by atoms with van der Waals surface area (Å²) in [4.78, 5) is 77.3. The van der Waals surface area contributed by atoms with Gasteiger partial charge in [0, 0.05) is 25.7 Å². The molecule has 1 N–H and O–H groups in total. The van der Waals surface area contributed by atoms with E-state index in [0.29, 0.717) is 17.9 Å². The molecule has 42 heavy (non-hydrogen) atoms. The largest absolute Gasteiger partial charge is 0.460 e. The molecule has 1 atom stereocenters. The first kappa shape index (κ1) is 37.0. The van der Waals surface area contributed by atoms with Crippen LogP contribution in [0.2, 0.25) is 0 Å². The number of imide groups is 1. The quantitative estimate of drug-likeness (QED) is 0.120. The van der Waals surface area contributed by atoms with Crippen molar-refractivity contribution in [2.75, 3.05) is 0 Å². The van der Waals surface area contributed by atoms with Gasteiger partial charge in [-0.2, -0.15) is 0 Å². The van der Waals surface area contributed by atoms with Gasteiger partial charge in [0.25, 0.3) is 11.8 Å². The summed E-state index contributed by atoms with van der Waals surface area (Å²) in [5.41, 5.74) is -1.21. The van der Waals surface area contributed by atoms with E-state index in [9.17, 15) is 28.8 Å². The van der Waals surface area contributed by atoms with Gasteiger partial charge in [-0.25, -0.2) is 9.59 Å². The molecule has 11 heteroatoms. The molecule has 0 aromatic rings. The lowest BCUT2D eigenvalue weighted by molar-refractivity contribution is -0.197. The van der Waals surface area contributed by atoms with Crippen LogP contribution < -0.4 is 5.32 Å². The maximum Gasteiger partial charge on any atom is 0.333 e. The van der Waals surface area contributed by atoms with Gasteiger partial charge in [-0.1, -0.05) is 51.4 Å². The van der Waals surface area contributed by atoms with E-state index in [-0.39, 0.29) is 44.0 Å². The standard InChI is InChI=1S/C31H52N2O9/c1-30(2,3)40-27(37)18-16-14-12-10-8-7-9-11-13-15-17-24(34)32-23(29(39)41-31(4,5)6)19-22-28(38)42-33-25(35)20-21-26(33)36/h23H,7-22H2,1-6H3,(H,32,34)/t23-/m0/s1. The summed E-state index contributed by atoms with van der Waals surface area (Å²) < 4.78 is 10.7.